The van der Waals surface area contributed by atoms with Crippen molar-refractivity contribution in [1.82, 2.24) is 9.55 Å². The topological polar surface area (TPSA) is 29.9 Å². The highest BCUT2D eigenvalue weighted by Gasteiger charge is 2.10. The van der Waals surface area contributed by atoms with Crippen LogP contribution < -0.4 is 5.32 Å². The van der Waals surface area contributed by atoms with Gasteiger partial charge >= 0.3 is 0 Å². The van der Waals surface area contributed by atoms with E-state index in [9.17, 15) is 0 Å². The van der Waals surface area contributed by atoms with E-state index in [1.54, 1.807) is 0 Å². The van der Waals surface area contributed by atoms with Crippen molar-refractivity contribution in [3.05, 3.63) is 10.8 Å². The molecule has 3 nitrogen and oxygen atoms in total. The van der Waals surface area contributed by atoms with Gasteiger partial charge in [-0.1, -0.05) is 0 Å². The molecule has 0 spiro atoms. The molecule has 0 saturated carbocycles. The van der Waals surface area contributed by atoms with Gasteiger partial charge in [0.05, 0.1) is 6.20 Å². The Hall–Kier alpha value is -0.510. The van der Waals surface area contributed by atoms with Crippen LogP contribution in [0.4, 0.5) is 5.95 Å². The van der Waals surface area contributed by atoms with E-state index in [1.807, 2.05) is 6.20 Å². The Morgan fingerprint density at radius 2 is 2.00 bits per heavy atom. The van der Waals surface area contributed by atoms with Crippen molar-refractivity contribution < 1.29 is 0 Å². The Morgan fingerprint density at radius 1 is 1.38 bits per heavy atom. The zero-order valence-corrected chi connectivity index (χ0v) is 10.1. The van der Waals surface area contributed by atoms with Crippen LogP contribution in [-0.4, -0.2) is 15.6 Å². The van der Waals surface area contributed by atoms with Crippen molar-refractivity contribution in [2.75, 3.05) is 5.32 Å². The number of nitrogens with one attached hydrogen (secondary N) is 1. The number of anilines is 1. The van der Waals surface area contributed by atoms with Gasteiger partial charge in [0, 0.05) is 12.1 Å². The maximum Gasteiger partial charge on any atom is 0.204 e. The Kier molecular flexibility index (Phi) is 3.36. The van der Waals surface area contributed by atoms with Crippen LogP contribution in [0.25, 0.3) is 0 Å². The highest BCUT2D eigenvalue weighted by atomic mass is 79.9. The summed E-state index contributed by atoms with van der Waals surface area (Å²) in [6, 6.07) is 0.824. The van der Waals surface area contributed by atoms with Gasteiger partial charge in [-0.2, -0.15) is 0 Å². The molecule has 13 heavy (non-hydrogen) atoms. The summed E-state index contributed by atoms with van der Waals surface area (Å²) in [4.78, 5) is 4.28. The minimum Gasteiger partial charge on any atom is -0.353 e. The van der Waals surface area contributed by atoms with E-state index in [0.29, 0.717) is 12.1 Å². The van der Waals surface area contributed by atoms with E-state index in [1.165, 1.54) is 0 Å². The summed E-state index contributed by atoms with van der Waals surface area (Å²) in [6.45, 7) is 8.48. The second kappa shape index (κ2) is 4.13. The predicted molar refractivity (Wildman–Crippen MR) is 59.1 cm³/mol. The lowest BCUT2D eigenvalue weighted by atomic mass is 10.4. The maximum atomic E-state index is 4.28. The average molecular weight is 246 g/mol. The van der Waals surface area contributed by atoms with Crippen LogP contribution in [0.3, 0.4) is 0 Å². The average Bonchev–Trinajstić information content (AvgIpc) is 2.30. The van der Waals surface area contributed by atoms with Crippen LogP contribution in [0, 0.1) is 0 Å². The first-order chi connectivity index (χ1) is 6.02. The molecular formula is C9H16BrN3. The van der Waals surface area contributed by atoms with Crippen molar-refractivity contribution >= 4 is 21.9 Å². The van der Waals surface area contributed by atoms with E-state index < -0.39 is 0 Å². The lowest BCUT2D eigenvalue weighted by Gasteiger charge is -2.15. The highest BCUT2D eigenvalue weighted by molar-refractivity contribution is 9.10. The summed E-state index contributed by atoms with van der Waals surface area (Å²) < 4.78 is 3.14. The van der Waals surface area contributed by atoms with Crippen LogP contribution in [0.5, 0.6) is 0 Å². The fourth-order valence-electron chi connectivity index (χ4n) is 1.20. The third-order valence-corrected chi connectivity index (χ3v) is 2.27. The van der Waals surface area contributed by atoms with E-state index in [2.05, 4.69) is 58.5 Å². The smallest absolute Gasteiger partial charge is 0.204 e. The summed E-state index contributed by atoms with van der Waals surface area (Å²) in [5, 5.41) is 3.30. The van der Waals surface area contributed by atoms with E-state index >= 15 is 0 Å². The number of imidazole rings is 1. The molecule has 1 aromatic rings. The number of aromatic nitrogens is 2. The molecular weight excluding hydrogens is 230 g/mol. The molecule has 0 aliphatic carbocycles. The van der Waals surface area contributed by atoms with Crippen molar-refractivity contribution in [3.63, 3.8) is 0 Å². The van der Waals surface area contributed by atoms with Crippen molar-refractivity contribution in [2.45, 2.75) is 39.8 Å². The molecule has 1 N–H and O–H groups in total. The number of rotatable bonds is 3. The van der Waals surface area contributed by atoms with Gasteiger partial charge in [0.25, 0.3) is 0 Å². The SMILES string of the molecule is CC(C)Nc1ncc(Br)n1C(C)C. The third kappa shape index (κ3) is 2.46. The van der Waals surface area contributed by atoms with Gasteiger partial charge in [-0.05, 0) is 43.6 Å². The van der Waals surface area contributed by atoms with E-state index in [-0.39, 0.29) is 0 Å². The fraction of sp³-hybridized carbons (Fsp3) is 0.667. The van der Waals surface area contributed by atoms with Gasteiger partial charge in [0.2, 0.25) is 5.95 Å². The van der Waals surface area contributed by atoms with Crippen molar-refractivity contribution in [2.24, 2.45) is 0 Å². The van der Waals surface area contributed by atoms with Gasteiger partial charge in [0.1, 0.15) is 4.60 Å². The van der Waals surface area contributed by atoms with Crippen LogP contribution in [0.1, 0.15) is 33.7 Å². The lowest BCUT2D eigenvalue weighted by Crippen LogP contribution is -2.15. The molecule has 1 aromatic heterocycles. The summed E-state index contributed by atoms with van der Waals surface area (Å²) in [5.74, 6) is 0.928. The zero-order valence-electron chi connectivity index (χ0n) is 8.50. The van der Waals surface area contributed by atoms with Crippen LogP contribution in [0.2, 0.25) is 0 Å². The molecule has 0 saturated heterocycles. The molecule has 0 unspecified atom stereocenters. The largest absolute Gasteiger partial charge is 0.353 e. The number of hydrogen-bond donors (Lipinski definition) is 1. The van der Waals surface area contributed by atoms with E-state index in [4.69, 9.17) is 0 Å². The summed E-state index contributed by atoms with van der Waals surface area (Å²) in [5.41, 5.74) is 0. The van der Waals surface area contributed by atoms with Gasteiger partial charge < -0.3 is 9.88 Å². The van der Waals surface area contributed by atoms with Crippen LogP contribution >= 0.6 is 15.9 Å². The predicted octanol–water partition coefficient (Wildman–Crippen LogP) is 3.05. The van der Waals surface area contributed by atoms with Crippen molar-refractivity contribution in [1.29, 1.82) is 0 Å². The first-order valence-electron chi connectivity index (χ1n) is 4.51. The molecule has 0 radical (unpaired) electrons. The van der Waals surface area contributed by atoms with Crippen LogP contribution in [0.15, 0.2) is 10.8 Å². The minimum absolute atomic E-state index is 0.409. The molecule has 1 heterocycles. The summed E-state index contributed by atoms with van der Waals surface area (Å²) in [6.07, 6.45) is 1.82. The Balaban J connectivity index is 2.94. The first kappa shape index (κ1) is 10.6. The molecule has 0 aromatic carbocycles. The molecule has 0 atom stereocenters. The quantitative estimate of drug-likeness (QED) is 0.888. The molecule has 0 aliphatic heterocycles. The maximum absolute atomic E-state index is 4.28. The lowest BCUT2D eigenvalue weighted by molar-refractivity contribution is 0.591. The normalized spacial score (nSPS) is 11.3. The van der Waals surface area contributed by atoms with Crippen molar-refractivity contribution in [3.8, 4) is 0 Å². The fourth-order valence-corrected chi connectivity index (χ4v) is 1.88. The van der Waals surface area contributed by atoms with Gasteiger partial charge in [-0.15, -0.1) is 0 Å². The molecule has 74 valence electrons. The zero-order chi connectivity index (χ0) is 10.0. The number of nitrogens with zero attached hydrogens (tertiary/aromatic N) is 2. The Labute approximate surface area is 87.7 Å². The van der Waals surface area contributed by atoms with Gasteiger partial charge in [-0.25, -0.2) is 4.98 Å². The number of hydrogen-bond acceptors (Lipinski definition) is 2. The standard InChI is InChI=1S/C9H16BrN3/c1-6(2)12-9-11-5-8(10)13(9)7(3)4/h5-7H,1-4H3,(H,11,12). The van der Waals surface area contributed by atoms with Crippen LogP contribution in [-0.2, 0) is 0 Å². The first-order valence-corrected chi connectivity index (χ1v) is 5.31. The summed E-state index contributed by atoms with van der Waals surface area (Å²) in [7, 11) is 0. The third-order valence-electron chi connectivity index (χ3n) is 1.69. The number of halogens is 1. The van der Waals surface area contributed by atoms with Gasteiger partial charge in [0.15, 0.2) is 0 Å². The van der Waals surface area contributed by atoms with E-state index in [0.717, 1.165) is 10.6 Å². The molecule has 1 rings (SSSR count). The molecule has 0 fully saturated rings. The second-order valence-electron chi connectivity index (χ2n) is 3.67. The molecule has 0 amide bonds. The summed E-state index contributed by atoms with van der Waals surface area (Å²) >= 11 is 3.47. The second-order valence-corrected chi connectivity index (χ2v) is 4.48. The highest BCUT2D eigenvalue weighted by Crippen LogP contribution is 2.22. The monoisotopic (exact) mass is 245 g/mol. The van der Waals surface area contributed by atoms with Gasteiger partial charge in [-0.3, -0.25) is 0 Å². The Bertz CT molecular complexity index is 278. The molecule has 0 bridgehead atoms. The Morgan fingerprint density at radius 3 is 2.46 bits per heavy atom. The molecule has 4 heteroatoms. The molecule has 0 aliphatic rings. The minimum atomic E-state index is 0.409.